The Hall–Kier alpha value is -1.13. The number of aromatic amines is 1. The molecule has 2 aromatic rings. The van der Waals surface area contributed by atoms with Crippen molar-refractivity contribution in [2.75, 3.05) is 0 Å². The average molecular weight is 261 g/mol. The van der Waals surface area contributed by atoms with E-state index in [0.29, 0.717) is 6.04 Å². The maximum atomic E-state index is 4.49. The lowest BCUT2D eigenvalue weighted by molar-refractivity contribution is 0.372. The lowest BCUT2D eigenvalue weighted by atomic mass is 9.96. The summed E-state index contributed by atoms with van der Waals surface area (Å²) in [5, 5.41) is 4.82. The predicted octanol–water partition coefficient (Wildman–Crippen LogP) is 3.56. The van der Waals surface area contributed by atoms with Crippen molar-refractivity contribution in [3.63, 3.8) is 0 Å². The van der Waals surface area contributed by atoms with Crippen molar-refractivity contribution in [1.29, 1.82) is 0 Å². The molecule has 2 heterocycles. The zero-order valence-corrected chi connectivity index (χ0v) is 11.3. The number of nitrogens with zero attached hydrogens (tertiary/aromatic N) is 1. The van der Waals surface area contributed by atoms with Crippen LogP contribution in [0.3, 0.4) is 0 Å². The van der Waals surface area contributed by atoms with Gasteiger partial charge in [0.1, 0.15) is 5.01 Å². The number of nitrogens with one attached hydrogen (secondary N) is 2. The van der Waals surface area contributed by atoms with Crippen molar-refractivity contribution < 1.29 is 0 Å². The van der Waals surface area contributed by atoms with E-state index in [9.17, 15) is 0 Å². The summed E-state index contributed by atoms with van der Waals surface area (Å²) >= 11 is 1.77. The van der Waals surface area contributed by atoms with Crippen LogP contribution in [0.25, 0.3) is 10.6 Å². The molecule has 96 valence electrons. The molecule has 0 amide bonds. The van der Waals surface area contributed by atoms with Crippen LogP contribution < -0.4 is 5.32 Å². The molecule has 1 fully saturated rings. The summed E-state index contributed by atoms with van der Waals surface area (Å²) < 4.78 is 0. The molecule has 0 radical (unpaired) electrons. The van der Waals surface area contributed by atoms with Crippen molar-refractivity contribution >= 4 is 11.3 Å². The van der Waals surface area contributed by atoms with Gasteiger partial charge >= 0.3 is 0 Å². The standard InChI is InChI=1S/C14H19N3S/c1-2-5-11(6-3-1)16-10-14-17-9-13(18-14)12-7-4-8-15-12/h4,7-9,11,15-16H,1-3,5-6,10H2. The Kier molecular flexibility index (Phi) is 3.76. The zero-order valence-electron chi connectivity index (χ0n) is 10.5. The van der Waals surface area contributed by atoms with E-state index in [4.69, 9.17) is 0 Å². The van der Waals surface area contributed by atoms with Crippen LogP contribution in [0.5, 0.6) is 0 Å². The lowest BCUT2D eigenvalue weighted by Gasteiger charge is -2.22. The Morgan fingerprint density at radius 3 is 3.00 bits per heavy atom. The Morgan fingerprint density at radius 1 is 1.33 bits per heavy atom. The third-order valence-corrected chi connectivity index (χ3v) is 4.59. The molecule has 0 aromatic carbocycles. The van der Waals surface area contributed by atoms with E-state index in [0.717, 1.165) is 12.2 Å². The van der Waals surface area contributed by atoms with E-state index in [1.165, 1.54) is 42.0 Å². The van der Waals surface area contributed by atoms with E-state index >= 15 is 0 Å². The third-order valence-electron chi connectivity index (χ3n) is 3.56. The van der Waals surface area contributed by atoms with Crippen LogP contribution in [0, 0.1) is 0 Å². The topological polar surface area (TPSA) is 40.7 Å². The summed E-state index contributed by atoms with van der Waals surface area (Å²) in [4.78, 5) is 8.94. The van der Waals surface area contributed by atoms with E-state index in [-0.39, 0.29) is 0 Å². The van der Waals surface area contributed by atoms with Crippen molar-refractivity contribution in [2.24, 2.45) is 0 Å². The summed E-state index contributed by atoms with van der Waals surface area (Å²) in [6, 6.07) is 4.82. The molecule has 18 heavy (non-hydrogen) atoms. The summed E-state index contributed by atoms with van der Waals surface area (Å²) in [6.07, 6.45) is 10.7. The maximum absolute atomic E-state index is 4.49. The van der Waals surface area contributed by atoms with E-state index in [1.807, 2.05) is 18.5 Å². The van der Waals surface area contributed by atoms with Gasteiger partial charge in [0, 0.05) is 25.0 Å². The highest BCUT2D eigenvalue weighted by molar-refractivity contribution is 7.15. The molecule has 1 aliphatic rings. The monoisotopic (exact) mass is 261 g/mol. The van der Waals surface area contributed by atoms with Crippen LogP contribution in [0.2, 0.25) is 0 Å². The third kappa shape index (κ3) is 2.82. The number of hydrogen-bond acceptors (Lipinski definition) is 3. The molecule has 4 heteroatoms. The normalized spacial score (nSPS) is 17.1. The van der Waals surface area contributed by atoms with Crippen LogP contribution >= 0.6 is 11.3 Å². The van der Waals surface area contributed by atoms with Gasteiger partial charge in [0.2, 0.25) is 0 Å². The zero-order chi connectivity index (χ0) is 12.2. The smallest absolute Gasteiger partial charge is 0.107 e. The Labute approximate surface area is 112 Å². The minimum atomic E-state index is 0.705. The van der Waals surface area contributed by atoms with Crippen molar-refractivity contribution in [2.45, 2.75) is 44.7 Å². The second kappa shape index (κ2) is 5.67. The second-order valence-electron chi connectivity index (χ2n) is 4.92. The lowest BCUT2D eigenvalue weighted by Crippen LogP contribution is -2.30. The average Bonchev–Trinajstić information content (AvgIpc) is 3.08. The van der Waals surface area contributed by atoms with Crippen molar-refractivity contribution in [3.8, 4) is 10.6 Å². The van der Waals surface area contributed by atoms with Gasteiger partial charge in [0.05, 0.1) is 10.6 Å². The highest BCUT2D eigenvalue weighted by atomic mass is 32.1. The fourth-order valence-corrected chi connectivity index (χ4v) is 3.40. The fourth-order valence-electron chi connectivity index (χ4n) is 2.54. The first-order valence-corrected chi connectivity index (χ1v) is 7.55. The Bertz CT molecular complexity index is 469. The molecule has 0 atom stereocenters. The molecule has 2 aromatic heterocycles. The predicted molar refractivity (Wildman–Crippen MR) is 75.6 cm³/mol. The number of hydrogen-bond donors (Lipinski definition) is 2. The summed E-state index contributed by atoms with van der Waals surface area (Å²) in [6.45, 7) is 0.913. The molecule has 0 bridgehead atoms. The van der Waals surface area contributed by atoms with Gasteiger partial charge in [-0.15, -0.1) is 11.3 Å². The van der Waals surface area contributed by atoms with Gasteiger partial charge in [-0.05, 0) is 25.0 Å². The summed E-state index contributed by atoms with van der Waals surface area (Å²) in [5.41, 5.74) is 1.16. The minimum absolute atomic E-state index is 0.705. The van der Waals surface area contributed by atoms with Gasteiger partial charge in [0.15, 0.2) is 0 Å². The largest absolute Gasteiger partial charge is 0.360 e. The van der Waals surface area contributed by atoms with Gasteiger partial charge in [0.25, 0.3) is 0 Å². The molecule has 2 N–H and O–H groups in total. The van der Waals surface area contributed by atoms with Crippen LogP contribution in [-0.2, 0) is 6.54 Å². The van der Waals surface area contributed by atoms with Crippen LogP contribution in [0.4, 0.5) is 0 Å². The van der Waals surface area contributed by atoms with E-state index in [2.05, 4.69) is 21.4 Å². The van der Waals surface area contributed by atoms with Crippen molar-refractivity contribution in [1.82, 2.24) is 15.3 Å². The first-order chi connectivity index (χ1) is 8.92. The van der Waals surface area contributed by atoms with E-state index < -0.39 is 0 Å². The number of thiazole rings is 1. The number of H-pyrrole nitrogens is 1. The van der Waals surface area contributed by atoms with Gasteiger partial charge in [-0.2, -0.15) is 0 Å². The molecule has 3 rings (SSSR count). The SMILES string of the molecule is c1c[nH]c(-c2cnc(CNC3CCCCC3)s2)c1. The second-order valence-corrected chi connectivity index (χ2v) is 6.03. The number of aromatic nitrogens is 2. The van der Waals surface area contributed by atoms with Gasteiger partial charge < -0.3 is 10.3 Å². The van der Waals surface area contributed by atoms with Gasteiger partial charge in [-0.1, -0.05) is 19.3 Å². The number of rotatable bonds is 4. The summed E-state index contributed by atoms with van der Waals surface area (Å²) in [5.74, 6) is 0. The van der Waals surface area contributed by atoms with E-state index in [1.54, 1.807) is 11.3 Å². The fraction of sp³-hybridized carbons (Fsp3) is 0.500. The van der Waals surface area contributed by atoms with Crippen molar-refractivity contribution in [3.05, 3.63) is 29.5 Å². The molecule has 0 aliphatic heterocycles. The van der Waals surface area contributed by atoms with Gasteiger partial charge in [-0.3, -0.25) is 0 Å². The van der Waals surface area contributed by atoms with Gasteiger partial charge in [-0.25, -0.2) is 4.98 Å². The summed E-state index contributed by atoms with van der Waals surface area (Å²) in [7, 11) is 0. The quantitative estimate of drug-likeness (QED) is 0.883. The Morgan fingerprint density at radius 2 is 2.22 bits per heavy atom. The first-order valence-electron chi connectivity index (χ1n) is 6.74. The molecule has 0 saturated heterocycles. The molecular weight excluding hydrogens is 242 g/mol. The molecule has 0 unspecified atom stereocenters. The van der Waals surface area contributed by atoms with Crippen LogP contribution in [0.15, 0.2) is 24.5 Å². The molecular formula is C14H19N3S. The molecule has 0 spiro atoms. The molecule has 1 aliphatic carbocycles. The van der Waals surface area contributed by atoms with Crippen LogP contribution in [-0.4, -0.2) is 16.0 Å². The molecule has 1 saturated carbocycles. The maximum Gasteiger partial charge on any atom is 0.107 e. The first kappa shape index (κ1) is 11.9. The minimum Gasteiger partial charge on any atom is -0.360 e. The molecule has 3 nitrogen and oxygen atoms in total. The Balaban J connectivity index is 1.57. The highest BCUT2D eigenvalue weighted by Gasteiger charge is 2.13. The van der Waals surface area contributed by atoms with Crippen LogP contribution in [0.1, 0.15) is 37.1 Å². The highest BCUT2D eigenvalue weighted by Crippen LogP contribution is 2.25.